The molecule has 1 unspecified atom stereocenters. The summed E-state index contributed by atoms with van der Waals surface area (Å²) in [6.45, 7) is 4.03. The SMILES string of the molecule is CCCCCCCCCCCCCCCCCCCCCCCCCCC(=O)OC(CO)COC(=O)CCCCCC. The lowest BCUT2D eigenvalue weighted by Gasteiger charge is -2.15. The van der Waals surface area contributed by atoms with Gasteiger partial charge in [0.25, 0.3) is 0 Å². The Kier molecular flexibility index (Phi) is 33.5. The Balaban J connectivity index is 3.35. The Hall–Kier alpha value is -1.10. The molecule has 0 bridgehead atoms. The predicted octanol–water partition coefficient (Wildman–Crippen LogP) is 11.2. The number of aliphatic hydroxyl groups excluding tert-OH is 1. The second-order valence-electron chi connectivity index (χ2n) is 12.7. The summed E-state index contributed by atoms with van der Waals surface area (Å²) >= 11 is 0. The number of hydrogen-bond donors (Lipinski definition) is 1. The van der Waals surface area contributed by atoms with Crippen molar-refractivity contribution < 1.29 is 24.2 Å². The van der Waals surface area contributed by atoms with Crippen molar-refractivity contribution in [3.05, 3.63) is 0 Å². The molecule has 5 nitrogen and oxygen atoms in total. The zero-order valence-electron chi connectivity index (χ0n) is 28.3. The minimum absolute atomic E-state index is 0.0612. The first kappa shape index (κ1) is 40.9. The maximum Gasteiger partial charge on any atom is 0.306 e. The number of unbranched alkanes of at least 4 members (excludes halogenated alkanes) is 26. The van der Waals surface area contributed by atoms with Gasteiger partial charge in [0.1, 0.15) is 6.61 Å². The lowest BCUT2D eigenvalue weighted by molar-refractivity contribution is -0.161. The molecule has 0 saturated carbocycles. The first-order chi connectivity index (χ1) is 20.6. The maximum absolute atomic E-state index is 12.1. The van der Waals surface area contributed by atoms with E-state index in [-0.39, 0.29) is 25.2 Å². The molecule has 1 N–H and O–H groups in total. The van der Waals surface area contributed by atoms with Crippen molar-refractivity contribution in [3.63, 3.8) is 0 Å². The minimum Gasteiger partial charge on any atom is -0.462 e. The highest BCUT2D eigenvalue weighted by Crippen LogP contribution is 2.16. The molecule has 5 heteroatoms. The van der Waals surface area contributed by atoms with Crippen molar-refractivity contribution >= 4 is 11.9 Å². The van der Waals surface area contributed by atoms with E-state index in [1.165, 1.54) is 135 Å². The van der Waals surface area contributed by atoms with E-state index < -0.39 is 6.10 Å². The van der Waals surface area contributed by atoms with Gasteiger partial charge in [-0.1, -0.05) is 181 Å². The largest absolute Gasteiger partial charge is 0.462 e. The zero-order valence-corrected chi connectivity index (χ0v) is 28.3. The van der Waals surface area contributed by atoms with E-state index in [0.717, 1.165) is 44.9 Å². The highest BCUT2D eigenvalue weighted by Gasteiger charge is 2.16. The first-order valence-corrected chi connectivity index (χ1v) is 18.6. The number of ether oxygens (including phenoxy) is 2. The summed E-state index contributed by atoms with van der Waals surface area (Å²) < 4.78 is 10.4. The molecular weight excluding hydrogens is 524 g/mol. The number of carbonyl (C=O) groups excluding carboxylic acids is 2. The molecule has 0 amide bonds. The van der Waals surface area contributed by atoms with Crippen molar-refractivity contribution in [2.45, 2.75) is 213 Å². The Morgan fingerprint density at radius 2 is 0.738 bits per heavy atom. The molecule has 0 aliphatic heterocycles. The smallest absolute Gasteiger partial charge is 0.306 e. The molecule has 0 aliphatic carbocycles. The monoisotopic (exact) mass is 597 g/mol. The number of aliphatic hydroxyl groups is 1. The molecule has 0 radical (unpaired) electrons. The third-order valence-corrected chi connectivity index (χ3v) is 8.40. The average molecular weight is 597 g/mol. The van der Waals surface area contributed by atoms with Crippen LogP contribution in [0.4, 0.5) is 0 Å². The number of rotatable bonds is 34. The lowest BCUT2D eigenvalue weighted by atomic mass is 10.0. The van der Waals surface area contributed by atoms with Gasteiger partial charge in [0.2, 0.25) is 0 Å². The molecule has 0 rings (SSSR count). The van der Waals surface area contributed by atoms with Gasteiger partial charge in [0.05, 0.1) is 6.61 Å². The fraction of sp³-hybridized carbons (Fsp3) is 0.946. The third-order valence-electron chi connectivity index (χ3n) is 8.40. The summed E-state index contributed by atoms with van der Waals surface area (Å²) in [5.41, 5.74) is 0. The summed E-state index contributed by atoms with van der Waals surface area (Å²) in [6.07, 6.45) is 36.6. The number of hydrogen-bond acceptors (Lipinski definition) is 5. The van der Waals surface area contributed by atoms with Crippen molar-refractivity contribution in [1.29, 1.82) is 0 Å². The van der Waals surface area contributed by atoms with Gasteiger partial charge in [-0.15, -0.1) is 0 Å². The molecule has 250 valence electrons. The molecule has 1 atom stereocenters. The average Bonchev–Trinajstić information content (AvgIpc) is 2.99. The molecule has 0 aliphatic rings. The van der Waals surface area contributed by atoms with Gasteiger partial charge in [-0.2, -0.15) is 0 Å². The van der Waals surface area contributed by atoms with E-state index in [1.54, 1.807) is 0 Å². The number of carbonyl (C=O) groups is 2. The summed E-state index contributed by atoms with van der Waals surface area (Å²) in [6, 6.07) is 0. The van der Waals surface area contributed by atoms with Crippen molar-refractivity contribution in [3.8, 4) is 0 Å². The summed E-state index contributed by atoms with van der Waals surface area (Å²) in [7, 11) is 0. The molecule has 0 saturated heterocycles. The van der Waals surface area contributed by atoms with Gasteiger partial charge < -0.3 is 14.6 Å². The Bertz CT molecular complexity index is 564. The Labute approximate surface area is 261 Å². The van der Waals surface area contributed by atoms with Gasteiger partial charge in [0.15, 0.2) is 6.10 Å². The van der Waals surface area contributed by atoms with Gasteiger partial charge in [-0.25, -0.2) is 0 Å². The molecule has 42 heavy (non-hydrogen) atoms. The molecule has 0 fully saturated rings. The number of esters is 2. The van der Waals surface area contributed by atoms with E-state index >= 15 is 0 Å². The van der Waals surface area contributed by atoms with Crippen LogP contribution < -0.4 is 0 Å². The third kappa shape index (κ3) is 31.8. The molecule has 0 aromatic heterocycles. The Morgan fingerprint density at radius 3 is 1.07 bits per heavy atom. The van der Waals surface area contributed by atoms with Crippen LogP contribution in [0, 0.1) is 0 Å². The fourth-order valence-corrected chi connectivity index (χ4v) is 5.55. The van der Waals surface area contributed by atoms with Crippen LogP contribution in [0.3, 0.4) is 0 Å². The van der Waals surface area contributed by atoms with E-state index in [0.29, 0.717) is 12.8 Å². The van der Waals surface area contributed by atoms with Crippen LogP contribution in [0.1, 0.15) is 206 Å². The van der Waals surface area contributed by atoms with Crippen LogP contribution in [0.2, 0.25) is 0 Å². The fourth-order valence-electron chi connectivity index (χ4n) is 5.55. The van der Waals surface area contributed by atoms with Crippen LogP contribution in [-0.4, -0.2) is 36.4 Å². The maximum atomic E-state index is 12.1. The van der Waals surface area contributed by atoms with Crippen molar-refractivity contribution in [2.24, 2.45) is 0 Å². The van der Waals surface area contributed by atoms with Gasteiger partial charge in [0, 0.05) is 12.8 Å². The molecule has 0 spiro atoms. The zero-order chi connectivity index (χ0) is 30.8. The summed E-state index contributed by atoms with van der Waals surface area (Å²) in [5, 5.41) is 9.43. The second-order valence-corrected chi connectivity index (χ2v) is 12.7. The van der Waals surface area contributed by atoms with Crippen LogP contribution in [0.5, 0.6) is 0 Å². The van der Waals surface area contributed by atoms with E-state index in [4.69, 9.17) is 9.47 Å². The standard InChI is InChI=1S/C37H72O5/c1-3-5-7-9-10-11-12-13-14-15-16-17-18-19-20-21-22-23-24-25-26-27-28-30-32-37(40)42-35(33-38)34-41-36(39)31-29-8-6-4-2/h35,38H,3-34H2,1-2H3. The second kappa shape index (κ2) is 34.4. The van der Waals surface area contributed by atoms with Crippen LogP contribution in [-0.2, 0) is 19.1 Å². The molecule has 0 aromatic carbocycles. The summed E-state index contributed by atoms with van der Waals surface area (Å²) in [4.78, 5) is 23.8. The van der Waals surface area contributed by atoms with Gasteiger partial charge in [-0.3, -0.25) is 9.59 Å². The van der Waals surface area contributed by atoms with Gasteiger partial charge >= 0.3 is 11.9 Å². The predicted molar refractivity (Wildman–Crippen MR) is 178 cm³/mol. The highest BCUT2D eigenvalue weighted by atomic mass is 16.6. The molecule has 0 heterocycles. The topological polar surface area (TPSA) is 72.8 Å². The minimum atomic E-state index is -0.758. The first-order valence-electron chi connectivity index (χ1n) is 18.6. The van der Waals surface area contributed by atoms with Crippen molar-refractivity contribution in [2.75, 3.05) is 13.2 Å². The lowest BCUT2D eigenvalue weighted by Crippen LogP contribution is -2.28. The molecule has 0 aromatic rings. The molecular formula is C37H72O5. The Morgan fingerprint density at radius 1 is 0.452 bits per heavy atom. The van der Waals surface area contributed by atoms with E-state index in [2.05, 4.69) is 13.8 Å². The van der Waals surface area contributed by atoms with Gasteiger partial charge in [-0.05, 0) is 12.8 Å². The van der Waals surface area contributed by atoms with Crippen molar-refractivity contribution in [1.82, 2.24) is 0 Å². The van der Waals surface area contributed by atoms with Crippen LogP contribution in [0.25, 0.3) is 0 Å². The summed E-state index contributed by atoms with van der Waals surface area (Å²) in [5.74, 6) is -0.600. The van der Waals surface area contributed by atoms with Crippen LogP contribution in [0.15, 0.2) is 0 Å². The quantitative estimate of drug-likeness (QED) is 0.0591. The highest BCUT2D eigenvalue weighted by molar-refractivity contribution is 5.70. The van der Waals surface area contributed by atoms with E-state index in [1.807, 2.05) is 0 Å². The van der Waals surface area contributed by atoms with Crippen LogP contribution >= 0.6 is 0 Å². The van der Waals surface area contributed by atoms with E-state index in [9.17, 15) is 14.7 Å². The normalized spacial score (nSPS) is 12.0.